The number of halogens is 1. The Bertz CT molecular complexity index is 122. The number of Topliss-reactive ketones (excluding diaryl/α,β-unsaturated/α-hetero) is 1. The monoisotopic (exact) mass is 146 g/mol. The van der Waals surface area contributed by atoms with Crippen molar-refractivity contribution in [2.45, 2.75) is 31.6 Å². The zero-order valence-electron chi connectivity index (χ0n) is 5.56. The summed E-state index contributed by atoms with van der Waals surface area (Å²) in [6, 6.07) is 0. The van der Waals surface area contributed by atoms with E-state index in [9.17, 15) is 4.79 Å². The molecule has 52 valence electrons. The number of rotatable bonds is 0. The van der Waals surface area contributed by atoms with Gasteiger partial charge in [0.25, 0.3) is 0 Å². The first kappa shape index (κ1) is 7.07. The Labute approximate surface area is 60.4 Å². The van der Waals surface area contributed by atoms with Crippen LogP contribution < -0.4 is 0 Å². The fourth-order valence-corrected chi connectivity index (χ4v) is 1.39. The number of alkyl halides is 1. The van der Waals surface area contributed by atoms with E-state index in [-0.39, 0.29) is 5.38 Å². The van der Waals surface area contributed by atoms with Gasteiger partial charge in [0, 0.05) is 18.2 Å². The van der Waals surface area contributed by atoms with Gasteiger partial charge < -0.3 is 0 Å². The highest BCUT2D eigenvalue weighted by Gasteiger charge is 2.23. The Morgan fingerprint density at radius 3 is 2.78 bits per heavy atom. The van der Waals surface area contributed by atoms with Gasteiger partial charge in [-0.25, -0.2) is 0 Å². The van der Waals surface area contributed by atoms with Gasteiger partial charge >= 0.3 is 0 Å². The summed E-state index contributed by atoms with van der Waals surface area (Å²) in [7, 11) is 0. The molecule has 9 heavy (non-hydrogen) atoms. The smallest absolute Gasteiger partial charge is 0.134 e. The van der Waals surface area contributed by atoms with Crippen LogP contribution in [0.15, 0.2) is 0 Å². The predicted octanol–water partition coefficient (Wildman–Crippen LogP) is 1.98. The predicted molar refractivity (Wildman–Crippen MR) is 37.7 cm³/mol. The number of carbonyl (C=O) groups is 1. The highest BCUT2D eigenvalue weighted by molar-refractivity contribution is 6.22. The lowest BCUT2D eigenvalue weighted by molar-refractivity contribution is -0.120. The Balaban J connectivity index is 2.44. The van der Waals surface area contributed by atoms with Gasteiger partial charge in [0.15, 0.2) is 0 Å². The Kier molecular flexibility index (Phi) is 2.12. The van der Waals surface area contributed by atoms with E-state index < -0.39 is 0 Å². The Morgan fingerprint density at radius 2 is 2.33 bits per heavy atom. The van der Waals surface area contributed by atoms with Crippen molar-refractivity contribution in [3.05, 3.63) is 0 Å². The van der Waals surface area contributed by atoms with Crippen LogP contribution in [0.2, 0.25) is 0 Å². The van der Waals surface area contributed by atoms with E-state index in [1.54, 1.807) is 0 Å². The minimum atomic E-state index is 0.103. The summed E-state index contributed by atoms with van der Waals surface area (Å²) in [6.07, 6.45) is 2.31. The zero-order chi connectivity index (χ0) is 6.85. The molecule has 0 bridgehead atoms. The van der Waals surface area contributed by atoms with Crippen LogP contribution in [0, 0.1) is 5.92 Å². The van der Waals surface area contributed by atoms with Crippen LogP contribution in [0.1, 0.15) is 26.2 Å². The van der Waals surface area contributed by atoms with Gasteiger partial charge in [-0.2, -0.15) is 0 Å². The average molecular weight is 147 g/mol. The molecule has 1 nitrogen and oxygen atoms in total. The molecular weight excluding hydrogens is 136 g/mol. The molecule has 0 aliphatic heterocycles. The van der Waals surface area contributed by atoms with E-state index in [0.29, 0.717) is 18.1 Å². The molecule has 1 fully saturated rings. The molecule has 0 radical (unpaired) electrons. The molecule has 0 unspecified atom stereocenters. The summed E-state index contributed by atoms with van der Waals surface area (Å²) >= 11 is 5.84. The van der Waals surface area contributed by atoms with Crippen LogP contribution in [0.4, 0.5) is 0 Å². The lowest BCUT2D eigenvalue weighted by Crippen LogP contribution is -2.22. The zero-order valence-corrected chi connectivity index (χ0v) is 6.32. The molecule has 0 aromatic carbocycles. The highest BCUT2D eigenvalue weighted by Crippen LogP contribution is 2.25. The first-order valence-corrected chi connectivity index (χ1v) is 3.79. The normalized spacial score (nSPS) is 36.9. The van der Waals surface area contributed by atoms with Crippen LogP contribution in [0.5, 0.6) is 0 Å². The van der Waals surface area contributed by atoms with Gasteiger partial charge in [0.1, 0.15) is 5.78 Å². The third-order valence-electron chi connectivity index (χ3n) is 1.92. The molecule has 1 aliphatic rings. The number of carbonyl (C=O) groups excluding carboxylic acids is 1. The van der Waals surface area contributed by atoms with Crippen molar-refractivity contribution in [3.8, 4) is 0 Å². The van der Waals surface area contributed by atoms with Crippen molar-refractivity contribution in [2.75, 3.05) is 0 Å². The number of hydrogen-bond acceptors (Lipinski definition) is 1. The van der Waals surface area contributed by atoms with Crippen molar-refractivity contribution in [2.24, 2.45) is 5.92 Å². The van der Waals surface area contributed by atoms with Gasteiger partial charge in [0.05, 0.1) is 0 Å². The van der Waals surface area contributed by atoms with E-state index in [4.69, 9.17) is 11.6 Å². The Hall–Kier alpha value is -0.0400. The summed E-state index contributed by atoms with van der Waals surface area (Å²) < 4.78 is 0. The summed E-state index contributed by atoms with van der Waals surface area (Å²) in [4.78, 5) is 10.7. The number of hydrogen-bond donors (Lipinski definition) is 0. The molecule has 0 saturated heterocycles. The van der Waals surface area contributed by atoms with Crippen molar-refractivity contribution in [1.82, 2.24) is 0 Å². The average Bonchev–Trinajstić information content (AvgIpc) is 1.80. The quantitative estimate of drug-likeness (QED) is 0.478. The van der Waals surface area contributed by atoms with E-state index in [0.717, 1.165) is 12.8 Å². The molecule has 0 amide bonds. The molecule has 2 atom stereocenters. The van der Waals surface area contributed by atoms with E-state index in [2.05, 4.69) is 6.92 Å². The van der Waals surface area contributed by atoms with Crippen LogP contribution in [0.25, 0.3) is 0 Å². The van der Waals surface area contributed by atoms with Crippen LogP contribution in [-0.2, 0) is 4.79 Å². The molecule has 2 heteroatoms. The van der Waals surface area contributed by atoms with Gasteiger partial charge in [0.2, 0.25) is 0 Å². The SMILES string of the molecule is C[C@H]1CCC(=O)C[C@H]1Cl. The maximum absolute atomic E-state index is 10.7. The van der Waals surface area contributed by atoms with Crippen molar-refractivity contribution in [1.29, 1.82) is 0 Å². The molecule has 0 aromatic heterocycles. The van der Waals surface area contributed by atoms with E-state index >= 15 is 0 Å². The van der Waals surface area contributed by atoms with E-state index in [1.165, 1.54) is 0 Å². The van der Waals surface area contributed by atoms with Crippen molar-refractivity contribution >= 4 is 17.4 Å². The van der Waals surface area contributed by atoms with E-state index in [1.807, 2.05) is 0 Å². The Morgan fingerprint density at radius 1 is 1.67 bits per heavy atom. The first-order chi connectivity index (χ1) is 4.20. The largest absolute Gasteiger partial charge is 0.300 e. The standard InChI is InChI=1S/C7H11ClO/c1-5-2-3-6(9)4-7(5)8/h5,7H,2-4H2,1H3/t5-,7+/m0/s1. The maximum atomic E-state index is 10.7. The lowest BCUT2D eigenvalue weighted by atomic mass is 9.89. The topological polar surface area (TPSA) is 17.1 Å². The summed E-state index contributed by atoms with van der Waals surface area (Å²) in [6.45, 7) is 2.10. The summed E-state index contributed by atoms with van der Waals surface area (Å²) in [5.41, 5.74) is 0. The fraction of sp³-hybridized carbons (Fsp3) is 0.857. The first-order valence-electron chi connectivity index (χ1n) is 3.36. The second-order valence-corrected chi connectivity index (χ2v) is 3.34. The van der Waals surface area contributed by atoms with Gasteiger partial charge in [-0.15, -0.1) is 11.6 Å². The second kappa shape index (κ2) is 2.70. The lowest BCUT2D eigenvalue weighted by Gasteiger charge is -2.21. The summed E-state index contributed by atoms with van der Waals surface area (Å²) in [5, 5.41) is 0.103. The van der Waals surface area contributed by atoms with Crippen molar-refractivity contribution in [3.63, 3.8) is 0 Å². The second-order valence-electron chi connectivity index (χ2n) is 2.77. The van der Waals surface area contributed by atoms with Gasteiger partial charge in [-0.05, 0) is 12.3 Å². The van der Waals surface area contributed by atoms with Crippen LogP contribution >= 0.6 is 11.6 Å². The van der Waals surface area contributed by atoms with Crippen LogP contribution in [-0.4, -0.2) is 11.2 Å². The number of ketones is 1. The molecule has 0 aromatic rings. The van der Waals surface area contributed by atoms with Gasteiger partial charge in [-0.1, -0.05) is 6.92 Å². The third kappa shape index (κ3) is 1.68. The molecule has 1 saturated carbocycles. The molecule has 1 aliphatic carbocycles. The maximum Gasteiger partial charge on any atom is 0.134 e. The van der Waals surface area contributed by atoms with Gasteiger partial charge in [-0.3, -0.25) is 4.79 Å². The third-order valence-corrected chi connectivity index (χ3v) is 2.50. The molecular formula is C7H11ClO. The van der Waals surface area contributed by atoms with Crippen LogP contribution in [0.3, 0.4) is 0 Å². The fourth-order valence-electron chi connectivity index (χ4n) is 1.09. The molecule has 0 N–H and O–H groups in total. The summed E-state index contributed by atoms with van der Waals surface area (Å²) in [5.74, 6) is 0.859. The van der Waals surface area contributed by atoms with Crippen molar-refractivity contribution < 1.29 is 4.79 Å². The molecule has 0 heterocycles. The minimum Gasteiger partial charge on any atom is -0.300 e. The minimum absolute atomic E-state index is 0.103. The highest BCUT2D eigenvalue weighted by atomic mass is 35.5. The molecule has 0 spiro atoms. The molecule has 1 rings (SSSR count).